The third-order valence-electron chi connectivity index (χ3n) is 4.02. The second-order valence-corrected chi connectivity index (χ2v) is 5.46. The highest BCUT2D eigenvalue weighted by atomic mass is 16.3. The number of nitrogens with zero attached hydrogens (tertiary/aromatic N) is 2. The summed E-state index contributed by atoms with van der Waals surface area (Å²) in [6.07, 6.45) is 6.48. The number of hydrogen-bond donors (Lipinski definition) is 1. The van der Waals surface area contributed by atoms with Gasteiger partial charge in [0.1, 0.15) is 5.76 Å². The van der Waals surface area contributed by atoms with E-state index < -0.39 is 0 Å². The quantitative estimate of drug-likeness (QED) is 0.876. The first-order valence-electron chi connectivity index (χ1n) is 7.59. The summed E-state index contributed by atoms with van der Waals surface area (Å²) in [5, 5.41) is 2.62. The van der Waals surface area contributed by atoms with Crippen molar-refractivity contribution >= 4 is 17.9 Å². The molecule has 2 aromatic heterocycles. The molecule has 3 rings (SSSR count). The minimum atomic E-state index is -0.317. The fourth-order valence-electron chi connectivity index (χ4n) is 2.79. The van der Waals surface area contributed by atoms with Crippen molar-refractivity contribution in [1.29, 1.82) is 0 Å². The molecule has 0 bridgehead atoms. The smallest absolute Gasteiger partial charge is 0.244 e. The number of furan rings is 1. The van der Waals surface area contributed by atoms with Gasteiger partial charge in [0.25, 0.3) is 0 Å². The van der Waals surface area contributed by atoms with Gasteiger partial charge in [-0.1, -0.05) is 0 Å². The van der Waals surface area contributed by atoms with Gasteiger partial charge in [0, 0.05) is 31.1 Å². The van der Waals surface area contributed by atoms with E-state index in [4.69, 9.17) is 4.42 Å². The van der Waals surface area contributed by atoms with Gasteiger partial charge in [-0.3, -0.25) is 9.59 Å². The zero-order chi connectivity index (χ0) is 16.2. The second-order valence-electron chi connectivity index (χ2n) is 5.46. The average Bonchev–Trinajstić information content (AvgIpc) is 3.22. The molecule has 0 saturated carbocycles. The highest BCUT2D eigenvalue weighted by Gasteiger charge is 2.27. The number of aromatic nitrogens is 1. The second kappa shape index (κ2) is 6.56. The van der Waals surface area contributed by atoms with Crippen LogP contribution in [0.1, 0.15) is 24.4 Å². The molecule has 0 aliphatic carbocycles. The molecule has 23 heavy (non-hydrogen) atoms. The lowest BCUT2D eigenvalue weighted by Crippen LogP contribution is -2.45. The van der Waals surface area contributed by atoms with E-state index in [1.807, 2.05) is 25.3 Å². The first-order chi connectivity index (χ1) is 11.1. The normalized spacial score (nSPS) is 17.3. The highest BCUT2D eigenvalue weighted by Crippen LogP contribution is 2.24. The molecule has 1 atom stereocenters. The van der Waals surface area contributed by atoms with E-state index in [-0.39, 0.29) is 24.4 Å². The maximum Gasteiger partial charge on any atom is 0.244 e. The zero-order valence-electron chi connectivity index (χ0n) is 12.9. The Morgan fingerprint density at radius 2 is 2.22 bits per heavy atom. The number of rotatable bonds is 4. The van der Waals surface area contributed by atoms with Crippen molar-refractivity contribution in [2.45, 2.75) is 19.5 Å². The highest BCUT2D eigenvalue weighted by molar-refractivity contribution is 5.94. The number of fused-ring (bicyclic) bond motifs is 1. The summed E-state index contributed by atoms with van der Waals surface area (Å²) in [6, 6.07) is 7.52. The number of carbonyl (C=O) groups excluding carboxylic acids is 2. The van der Waals surface area contributed by atoms with Crippen LogP contribution >= 0.6 is 0 Å². The zero-order valence-corrected chi connectivity index (χ0v) is 12.9. The Balaban J connectivity index is 1.53. The summed E-state index contributed by atoms with van der Waals surface area (Å²) in [4.78, 5) is 25.9. The molecule has 6 heteroatoms. The Morgan fingerprint density at radius 1 is 1.35 bits per heavy atom. The van der Waals surface area contributed by atoms with Gasteiger partial charge in [0.15, 0.2) is 0 Å². The lowest BCUT2D eigenvalue weighted by molar-refractivity contribution is -0.134. The fraction of sp³-hybridized carbons (Fsp3) is 0.294. The molecule has 0 aromatic carbocycles. The standard InChI is InChI=1S/C17H19N3O3/c1-13-15-5-2-8-19(15)9-10-20(13)17(22)12-18-16(21)7-6-14-4-3-11-23-14/h2-8,11,13H,9-10,12H2,1H3,(H,18,21)/b7-6+/t13-/m0/s1. The van der Waals surface area contributed by atoms with E-state index in [1.165, 1.54) is 12.3 Å². The molecule has 1 N–H and O–H groups in total. The number of hydrogen-bond acceptors (Lipinski definition) is 3. The third kappa shape index (κ3) is 3.36. The van der Waals surface area contributed by atoms with E-state index in [1.54, 1.807) is 23.1 Å². The van der Waals surface area contributed by atoms with Gasteiger partial charge in [-0.05, 0) is 37.3 Å². The van der Waals surface area contributed by atoms with Crippen molar-refractivity contribution in [1.82, 2.24) is 14.8 Å². The van der Waals surface area contributed by atoms with Crippen LogP contribution in [0.5, 0.6) is 0 Å². The number of carbonyl (C=O) groups is 2. The Morgan fingerprint density at radius 3 is 3.00 bits per heavy atom. The predicted molar refractivity (Wildman–Crippen MR) is 85.3 cm³/mol. The fourth-order valence-corrected chi connectivity index (χ4v) is 2.79. The Hall–Kier alpha value is -2.76. The topological polar surface area (TPSA) is 67.5 Å². The largest absolute Gasteiger partial charge is 0.465 e. The SMILES string of the molecule is C[C@H]1c2cccn2CCN1C(=O)CNC(=O)/C=C/c1ccco1. The maximum absolute atomic E-state index is 12.3. The number of amides is 2. The van der Waals surface area contributed by atoms with E-state index in [9.17, 15) is 9.59 Å². The monoisotopic (exact) mass is 313 g/mol. The summed E-state index contributed by atoms with van der Waals surface area (Å²) in [6.45, 7) is 3.43. The van der Waals surface area contributed by atoms with Crippen LogP contribution in [0.25, 0.3) is 6.08 Å². The van der Waals surface area contributed by atoms with Gasteiger partial charge in [-0.15, -0.1) is 0 Å². The molecular weight excluding hydrogens is 294 g/mol. The van der Waals surface area contributed by atoms with Gasteiger partial charge < -0.3 is 19.2 Å². The Labute approximate surface area is 134 Å². The van der Waals surface area contributed by atoms with Crippen LogP contribution in [0, 0.1) is 0 Å². The molecule has 6 nitrogen and oxygen atoms in total. The summed E-state index contributed by atoms with van der Waals surface area (Å²) >= 11 is 0. The van der Waals surface area contributed by atoms with Gasteiger partial charge in [-0.2, -0.15) is 0 Å². The Bertz CT molecular complexity index is 715. The van der Waals surface area contributed by atoms with Crippen molar-refractivity contribution < 1.29 is 14.0 Å². The van der Waals surface area contributed by atoms with E-state index >= 15 is 0 Å². The predicted octanol–water partition coefficient (Wildman–Crippen LogP) is 1.81. The van der Waals surface area contributed by atoms with Crippen molar-refractivity contribution in [3.63, 3.8) is 0 Å². The summed E-state index contributed by atoms with van der Waals surface area (Å²) < 4.78 is 7.25. The van der Waals surface area contributed by atoms with Gasteiger partial charge in [0.2, 0.25) is 11.8 Å². The molecular formula is C17H19N3O3. The molecule has 1 aliphatic rings. The lowest BCUT2D eigenvalue weighted by Gasteiger charge is -2.35. The molecule has 1 aliphatic heterocycles. The van der Waals surface area contributed by atoms with Crippen LogP contribution in [-0.2, 0) is 16.1 Å². The molecule has 2 aromatic rings. The van der Waals surface area contributed by atoms with Crippen LogP contribution in [0.3, 0.4) is 0 Å². The van der Waals surface area contributed by atoms with Crippen molar-refractivity contribution in [3.05, 3.63) is 54.3 Å². The van der Waals surface area contributed by atoms with E-state index in [0.29, 0.717) is 12.3 Å². The molecule has 120 valence electrons. The van der Waals surface area contributed by atoms with Crippen molar-refractivity contribution in [2.24, 2.45) is 0 Å². The van der Waals surface area contributed by atoms with Crippen molar-refractivity contribution in [2.75, 3.05) is 13.1 Å². The third-order valence-corrected chi connectivity index (χ3v) is 4.02. The molecule has 0 spiro atoms. The molecule has 0 fully saturated rings. The molecule has 0 saturated heterocycles. The summed E-state index contributed by atoms with van der Waals surface area (Å²) in [7, 11) is 0. The van der Waals surface area contributed by atoms with Crippen LogP contribution in [0.4, 0.5) is 0 Å². The van der Waals surface area contributed by atoms with E-state index in [0.717, 1.165) is 12.2 Å². The van der Waals surface area contributed by atoms with Gasteiger partial charge in [-0.25, -0.2) is 0 Å². The molecule has 3 heterocycles. The summed E-state index contributed by atoms with van der Waals surface area (Å²) in [5.74, 6) is 0.198. The van der Waals surface area contributed by atoms with Crippen molar-refractivity contribution in [3.8, 4) is 0 Å². The minimum Gasteiger partial charge on any atom is -0.465 e. The summed E-state index contributed by atoms with van der Waals surface area (Å²) in [5.41, 5.74) is 1.12. The Kier molecular flexibility index (Phi) is 4.32. The first kappa shape index (κ1) is 15.1. The van der Waals surface area contributed by atoms with Gasteiger partial charge >= 0.3 is 0 Å². The molecule has 0 unspecified atom stereocenters. The minimum absolute atomic E-state index is 0.00756. The first-order valence-corrected chi connectivity index (χ1v) is 7.59. The van der Waals surface area contributed by atoms with Crippen LogP contribution in [0.15, 0.2) is 47.2 Å². The number of nitrogens with one attached hydrogen (secondary N) is 1. The lowest BCUT2D eigenvalue weighted by atomic mass is 10.1. The van der Waals surface area contributed by atoms with Crippen LogP contribution in [0.2, 0.25) is 0 Å². The average molecular weight is 313 g/mol. The van der Waals surface area contributed by atoms with E-state index in [2.05, 4.69) is 9.88 Å². The van der Waals surface area contributed by atoms with Crippen LogP contribution in [-0.4, -0.2) is 34.4 Å². The molecule has 2 amide bonds. The van der Waals surface area contributed by atoms with Crippen LogP contribution < -0.4 is 5.32 Å². The maximum atomic E-state index is 12.3. The van der Waals surface area contributed by atoms with Gasteiger partial charge in [0.05, 0.1) is 18.8 Å². The molecule has 0 radical (unpaired) electrons.